The minimum Gasteiger partial charge on any atom is -0.467 e. The Morgan fingerprint density at radius 3 is 2.65 bits per heavy atom. The Balaban J connectivity index is 2.93. The zero-order chi connectivity index (χ0) is 15.3. The van der Waals surface area contributed by atoms with Gasteiger partial charge >= 0.3 is 5.97 Å². The van der Waals surface area contributed by atoms with E-state index >= 15 is 0 Å². The number of methoxy groups -OCH3 is 1. The molecule has 20 heavy (non-hydrogen) atoms. The van der Waals surface area contributed by atoms with Crippen LogP contribution in [0.5, 0.6) is 0 Å². The highest BCUT2D eigenvalue weighted by Crippen LogP contribution is 2.29. The molecule has 0 aromatic heterocycles. The lowest BCUT2D eigenvalue weighted by molar-refractivity contribution is -0.145. The predicted octanol–water partition coefficient (Wildman–Crippen LogP) is 4.88. The van der Waals surface area contributed by atoms with E-state index in [-0.39, 0.29) is 5.97 Å². The van der Waals surface area contributed by atoms with Crippen LogP contribution in [-0.4, -0.2) is 18.6 Å². The van der Waals surface area contributed by atoms with Gasteiger partial charge in [-0.25, -0.2) is 4.79 Å². The molecular formula is C15H21BrClNO2. The van der Waals surface area contributed by atoms with Gasteiger partial charge in [0.15, 0.2) is 0 Å². The minimum absolute atomic E-state index is 0.260. The van der Waals surface area contributed by atoms with Crippen LogP contribution in [0.15, 0.2) is 22.7 Å². The van der Waals surface area contributed by atoms with Gasteiger partial charge in [-0.15, -0.1) is 0 Å². The quantitative estimate of drug-likeness (QED) is 0.733. The SMILES string of the molecule is COC(=O)C(C)(CCC(C)C)Nc1ccc(Cl)c(Br)c1. The van der Waals surface area contributed by atoms with E-state index in [1.54, 1.807) is 6.07 Å². The fourth-order valence-corrected chi connectivity index (χ4v) is 2.41. The fourth-order valence-electron chi connectivity index (χ4n) is 1.91. The molecule has 0 aliphatic heterocycles. The largest absolute Gasteiger partial charge is 0.467 e. The van der Waals surface area contributed by atoms with Crippen LogP contribution in [0, 0.1) is 5.92 Å². The topological polar surface area (TPSA) is 38.3 Å². The van der Waals surface area contributed by atoms with Crippen LogP contribution >= 0.6 is 27.5 Å². The van der Waals surface area contributed by atoms with Crippen molar-refractivity contribution < 1.29 is 9.53 Å². The van der Waals surface area contributed by atoms with Gasteiger partial charge in [-0.1, -0.05) is 25.4 Å². The van der Waals surface area contributed by atoms with E-state index in [9.17, 15) is 4.79 Å². The summed E-state index contributed by atoms with van der Waals surface area (Å²) in [6.45, 7) is 6.14. The molecule has 0 spiro atoms. The maximum Gasteiger partial charge on any atom is 0.331 e. The molecule has 0 fully saturated rings. The first-order chi connectivity index (χ1) is 9.28. The second-order valence-corrected chi connectivity index (χ2v) is 6.77. The van der Waals surface area contributed by atoms with E-state index in [1.807, 2.05) is 19.1 Å². The Morgan fingerprint density at radius 2 is 2.15 bits per heavy atom. The summed E-state index contributed by atoms with van der Waals surface area (Å²) in [6.07, 6.45) is 1.64. The van der Waals surface area contributed by atoms with E-state index < -0.39 is 5.54 Å². The lowest BCUT2D eigenvalue weighted by Gasteiger charge is -2.30. The molecule has 0 radical (unpaired) electrons. The molecule has 1 atom stereocenters. The predicted molar refractivity (Wildman–Crippen MR) is 87.3 cm³/mol. The van der Waals surface area contributed by atoms with Gasteiger partial charge in [0.25, 0.3) is 0 Å². The first-order valence-electron chi connectivity index (χ1n) is 6.60. The monoisotopic (exact) mass is 361 g/mol. The van der Waals surface area contributed by atoms with Crippen LogP contribution in [0.25, 0.3) is 0 Å². The van der Waals surface area contributed by atoms with Crippen LogP contribution in [0.2, 0.25) is 5.02 Å². The van der Waals surface area contributed by atoms with Gasteiger partial charge in [0.1, 0.15) is 5.54 Å². The summed E-state index contributed by atoms with van der Waals surface area (Å²) >= 11 is 9.36. The highest BCUT2D eigenvalue weighted by atomic mass is 79.9. The normalized spacial score (nSPS) is 13.9. The maximum atomic E-state index is 12.1. The summed E-state index contributed by atoms with van der Waals surface area (Å²) in [6, 6.07) is 5.50. The summed E-state index contributed by atoms with van der Waals surface area (Å²) in [7, 11) is 1.41. The Hall–Kier alpha value is -0.740. The fraction of sp³-hybridized carbons (Fsp3) is 0.533. The number of esters is 1. The third-order valence-electron chi connectivity index (χ3n) is 3.20. The van der Waals surface area contributed by atoms with Gasteiger partial charge < -0.3 is 10.1 Å². The van der Waals surface area contributed by atoms with Gasteiger partial charge in [0.2, 0.25) is 0 Å². The van der Waals surface area contributed by atoms with E-state index in [4.69, 9.17) is 16.3 Å². The van der Waals surface area contributed by atoms with Crippen molar-refractivity contribution in [2.45, 2.75) is 39.2 Å². The number of ether oxygens (including phenoxy) is 1. The number of carbonyl (C=O) groups excluding carboxylic acids is 1. The van der Waals surface area contributed by atoms with Crippen molar-refractivity contribution in [3.8, 4) is 0 Å². The van der Waals surface area contributed by atoms with Crippen molar-refractivity contribution in [3.05, 3.63) is 27.7 Å². The number of rotatable bonds is 6. The van der Waals surface area contributed by atoms with Crippen molar-refractivity contribution >= 4 is 39.2 Å². The van der Waals surface area contributed by atoms with E-state index in [1.165, 1.54) is 7.11 Å². The molecular weight excluding hydrogens is 342 g/mol. The van der Waals surface area contributed by atoms with Crippen LogP contribution in [-0.2, 0) is 9.53 Å². The Kier molecular flexibility index (Phi) is 6.34. The molecule has 0 aliphatic rings. The smallest absolute Gasteiger partial charge is 0.331 e. The number of hydrogen-bond acceptors (Lipinski definition) is 3. The van der Waals surface area contributed by atoms with Crippen molar-refractivity contribution in [1.82, 2.24) is 0 Å². The van der Waals surface area contributed by atoms with Crippen molar-refractivity contribution in [3.63, 3.8) is 0 Å². The minimum atomic E-state index is -0.744. The molecule has 1 unspecified atom stereocenters. The van der Waals surface area contributed by atoms with Crippen molar-refractivity contribution in [1.29, 1.82) is 0 Å². The average Bonchev–Trinajstić information content (AvgIpc) is 2.39. The second-order valence-electron chi connectivity index (χ2n) is 5.51. The summed E-state index contributed by atoms with van der Waals surface area (Å²) in [4.78, 5) is 12.1. The molecule has 0 amide bonds. The molecule has 1 rings (SSSR count). The molecule has 0 saturated heterocycles. The highest BCUT2D eigenvalue weighted by Gasteiger charge is 2.34. The van der Waals surface area contributed by atoms with Gasteiger partial charge in [-0.05, 0) is 59.8 Å². The van der Waals surface area contributed by atoms with E-state index in [2.05, 4.69) is 35.1 Å². The zero-order valence-corrected chi connectivity index (χ0v) is 14.6. The summed E-state index contributed by atoms with van der Waals surface area (Å²) in [5.74, 6) is 0.266. The van der Waals surface area contributed by atoms with E-state index in [0.29, 0.717) is 17.4 Å². The third-order valence-corrected chi connectivity index (χ3v) is 4.41. The van der Waals surface area contributed by atoms with Gasteiger partial charge in [-0.3, -0.25) is 0 Å². The molecule has 3 nitrogen and oxygen atoms in total. The standard InChI is InChI=1S/C15H21BrClNO2/c1-10(2)7-8-15(3,14(19)20-4)18-11-5-6-13(17)12(16)9-11/h5-6,9-10,18H,7-8H2,1-4H3. The number of halogens is 2. The summed E-state index contributed by atoms with van der Waals surface area (Å²) < 4.78 is 5.73. The number of benzene rings is 1. The molecule has 1 aromatic rings. The Bertz CT molecular complexity index is 479. The van der Waals surface area contributed by atoms with Crippen LogP contribution in [0.3, 0.4) is 0 Å². The molecule has 0 bridgehead atoms. The van der Waals surface area contributed by atoms with Crippen LogP contribution in [0.4, 0.5) is 5.69 Å². The van der Waals surface area contributed by atoms with Crippen LogP contribution in [0.1, 0.15) is 33.6 Å². The number of nitrogens with one attached hydrogen (secondary N) is 1. The molecule has 1 N–H and O–H groups in total. The van der Waals surface area contributed by atoms with E-state index in [0.717, 1.165) is 16.6 Å². The lowest BCUT2D eigenvalue weighted by Crippen LogP contribution is -2.44. The third kappa shape index (κ3) is 4.67. The molecule has 112 valence electrons. The van der Waals surface area contributed by atoms with Gasteiger partial charge in [0, 0.05) is 10.2 Å². The first-order valence-corrected chi connectivity index (χ1v) is 7.77. The Morgan fingerprint density at radius 1 is 1.50 bits per heavy atom. The zero-order valence-electron chi connectivity index (χ0n) is 12.3. The summed E-state index contributed by atoms with van der Waals surface area (Å²) in [5, 5.41) is 3.90. The summed E-state index contributed by atoms with van der Waals surface area (Å²) in [5.41, 5.74) is 0.0877. The first kappa shape index (κ1) is 17.3. The highest BCUT2D eigenvalue weighted by molar-refractivity contribution is 9.10. The van der Waals surface area contributed by atoms with Gasteiger partial charge in [-0.2, -0.15) is 0 Å². The molecule has 1 aromatic carbocycles. The second kappa shape index (κ2) is 7.32. The molecule has 5 heteroatoms. The number of anilines is 1. The maximum absolute atomic E-state index is 12.1. The number of hydrogen-bond donors (Lipinski definition) is 1. The van der Waals surface area contributed by atoms with Crippen molar-refractivity contribution in [2.24, 2.45) is 5.92 Å². The molecule has 0 heterocycles. The molecule has 0 aliphatic carbocycles. The van der Waals surface area contributed by atoms with Crippen molar-refractivity contribution in [2.75, 3.05) is 12.4 Å². The Labute approximate surface area is 134 Å². The number of carbonyl (C=O) groups is 1. The van der Waals surface area contributed by atoms with Crippen LogP contribution < -0.4 is 5.32 Å². The average molecular weight is 363 g/mol. The lowest BCUT2D eigenvalue weighted by atomic mass is 9.91. The molecule has 0 saturated carbocycles. The van der Waals surface area contributed by atoms with Gasteiger partial charge in [0.05, 0.1) is 12.1 Å².